The van der Waals surface area contributed by atoms with Gasteiger partial charge in [0.2, 0.25) is 0 Å². The van der Waals surface area contributed by atoms with E-state index in [0.717, 1.165) is 30.6 Å². The first-order chi connectivity index (χ1) is 8.96. The van der Waals surface area contributed by atoms with Gasteiger partial charge in [0.1, 0.15) is 0 Å². The molecule has 2 rings (SSSR count). The Morgan fingerprint density at radius 2 is 2.21 bits per heavy atom. The molecule has 0 spiro atoms. The zero-order valence-electron chi connectivity index (χ0n) is 10.0. The van der Waals surface area contributed by atoms with E-state index in [-0.39, 0.29) is 5.56 Å². The second-order valence-electron chi connectivity index (χ2n) is 4.24. The Balaban J connectivity index is 1.96. The highest BCUT2D eigenvalue weighted by Gasteiger charge is 2.28. The van der Waals surface area contributed by atoms with Crippen LogP contribution in [-0.4, -0.2) is 25.2 Å². The summed E-state index contributed by atoms with van der Waals surface area (Å²) in [7, 11) is 0. The van der Waals surface area contributed by atoms with Crippen molar-refractivity contribution in [1.29, 1.82) is 0 Å². The van der Waals surface area contributed by atoms with E-state index < -0.39 is 18.7 Å². The van der Waals surface area contributed by atoms with Crippen LogP contribution in [0.15, 0.2) is 18.2 Å². The third-order valence-corrected chi connectivity index (χ3v) is 2.71. The van der Waals surface area contributed by atoms with E-state index in [9.17, 15) is 18.0 Å². The van der Waals surface area contributed by atoms with Crippen molar-refractivity contribution < 1.29 is 22.8 Å². The number of carbonyl (C=O) groups is 1. The minimum Gasteiger partial charge on any atom is -0.385 e. The predicted molar refractivity (Wildman–Crippen MR) is 62.7 cm³/mol. The van der Waals surface area contributed by atoms with Crippen LogP contribution in [0.25, 0.3) is 0 Å². The zero-order chi connectivity index (χ0) is 13.9. The third kappa shape index (κ3) is 3.85. The Bertz CT molecular complexity index is 475. The molecule has 0 saturated carbocycles. The molecule has 0 radical (unpaired) electrons. The number of hydrogen-bond donors (Lipinski definition) is 2. The average Bonchev–Trinajstić information content (AvgIpc) is 2.36. The summed E-state index contributed by atoms with van der Waals surface area (Å²) in [6.07, 6.45) is -2.66. The number of aryl methyl sites for hydroxylation is 1. The molecule has 0 fully saturated rings. The van der Waals surface area contributed by atoms with E-state index >= 15 is 0 Å². The Hall–Kier alpha value is -1.76. The second kappa shape index (κ2) is 5.48. The Labute approximate surface area is 107 Å². The van der Waals surface area contributed by atoms with Crippen LogP contribution in [-0.2, 0) is 11.3 Å². The molecule has 0 aromatic heterocycles. The highest BCUT2D eigenvalue weighted by molar-refractivity contribution is 5.94. The Kier molecular flexibility index (Phi) is 3.94. The zero-order valence-corrected chi connectivity index (χ0v) is 10.0. The van der Waals surface area contributed by atoms with E-state index in [1.165, 1.54) is 0 Å². The normalized spacial score (nSPS) is 14.5. The molecule has 0 saturated heterocycles. The van der Waals surface area contributed by atoms with Crippen LogP contribution in [0.5, 0.6) is 0 Å². The number of carbonyl (C=O) groups excluding carboxylic acids is 1. The number of rotatable bonds is 3. The van der Waals surface area contributed by atoms with Crippen molar-refractivity contribution in [3.8, 4) is 0 Å². The van der Waals surface area contributed by atoms with Gasteiger partial charge in [-0.05, 0) is 36.6 Å². The SMILES string of the molecule is O=C(NOCC(F)(F)F)c1ccc2c(c1)CCCN2. The molecule has 0 aliphatic carbocycles. The van der Waals surface area contributed by atoms with Gasteiger partial charge in [0.25, 0.3) is 5.91 Å². The van der Waals surface area contributed by atoms with Crippen LogP contribution in [0.2, 0.25) is 0 Å². The number of nitrogens with one attached hydrogen (secondary N) is 2. The smallest absolute Gasteiger partial charge is 0.385 e. The lowest BCUT2D eigenvalue weighted by Gasteiger charge is -2.18. The van der Waals surface area contributed by atoms with E-state index in [1.807, 2.05) is 0 Å². The fourth-order valence-electron chi connectivity index (χ4n) is 1.86. The van der Waals surface area contributed by atoms with Crippen molar-refractivity contribution in [2.45, 2.75) is 19.0 Å². The number of halogens is 3. The molecule has 0 bridgehead atoms. The maximum atomic E-state index is 11.8. The first kappa shape index (κ1) is 13.7. The summed E-state index contributed by atoms with van der Waals surface area (Å²) in [6, 6.07) is 4.95. The monoisotopic (exact) mass is 274 g/mol. The summed E-state index contributed by atoms with van der Waals surface area (Å²) < 4.78 is 35.5. The van der Waals surface area contributed by atoms with Crippen molar-refractivity contribution >= 4 is 11.6 Å². The molecule has 1 amide bonds. The molecular weight excluding hydrogens is 261 g/mol. The summed E-state index contributed by atoms with van der Waals surface area (Å²) in [6.45, 7) is -0.627. The molecule has 1 aromatic rings. The minimum atomic E-state index is -4.47. The molecule has 1 aliphatic rings. The maximum absolute atomic E-state index is 11.8. The first-order valence-electron chi connectivity index (χ1n) is 5.81. The molecule has 1 aliphatic heterocycles. The average molecular weight is 274 g/mol. The lowest BCUT2D eigenvalue weighted by Crippen LogP contribution is -2.29. The van der Waals surface area contributed by atoms with Crippen LogP contribution in [0.3, 0.4) is 0 Å². The van der Waals surface area contributed by atoms with E-state index in [0.29, 0.717) is 0 Å². The van der Waals surface area contributed by atoms with Crippen molar-refractivity contribution in [2.75, 3.05) is 18.5 Å². The Morgan fingerprint density at radius 3 is 2.95 bits per heavy atom. The molecule has 104 valence electrons. The fourth-order valence-corrected chi connectivity index (χ4v) is 1.86. The summed E-state index contributed by atoms with van der Waals surface area (Å²) in [5.74, 6) is -0.683. The van der Waals surface area contributed by atoms with Crippen LogP contribution in [0, 0.1) is 0 Å². The van der Waals surface area contributed by atoms with Crippen LogP contribution in [0.1, 0.15) is 22.3 Å². The molecular formula is C12H13F3N2O2. The number of amides is 1. The van der Waals surface area contributed by atoms with Gasteiger partial charge < -0.3 is 5.32 Å². The summed E-state index contributed by atoms with van der Waals surface area (Å²) >= 11 is 0. The number of anilines is 1. The van der Waals surface area contributed by atoms with Gasteiger partial charge >= 0.3 is 6.18 Å². The Morgan fingerprint density at radius 1 is 1.42 bits per heavy atom. The minimum absolute atomic E-state index is 0.282. The van der Waals surface area contributed by atoms with Crippen molar-refractivity contribution in [2.24, 2.45) is 0 Å². The first-order valence-corrected chi connectivity index (χ1v) is 5.81. The lowest BCUT2D eigenvalue weighted by atomic mass is 10.0. The molecule has 0 atom stereocenters. The van der Waals surface area contributed by atoms with E-state index in [4.69, 9.17) is 0 Å². The van der Waals surface area contributed by atoms with Crippen molar-refractivity contribution in [3.05, 3.63) is 29.3 Å². The molecule has 4 nitrogen and oxygen atoms in total. The van der Waals surface area contributed by atoms with Gasteiger partial charge in [-0.3, -0.25) is 9.63 Å². The molecule has 1 aromatic carbocycles. The largest absolute Gasteiger partial charge is 0.414 e. The predicted octanol–water partition coefficient (Wildman–Crippen LogP) is 2.27. The fraction of sp³-hybridized carbons (Fsp3) is 0.417. The van der Waals surface area contributed by atoms with Gasteiger partial charge in [-0.15, -0.1) is 0 Å². The summed E-state index contributed by atoms with van der Waals surface area (Å²) in [5, 5.41) is 3.18. The van der Waals surface area contributed by atoms with Crippen LogP contribution in [0.4, 0.5) is 18.9 Å². The van der Waals surface area contributed by atoms with Gasteiger partial charge in [0, 0.05) is 17.8 Å². The molecule has 1 heterocycles. The van der Waals surface area contributed by atoms with Crippen molar-refractivity contribution in [1.82, 2.24) is 5.48 Å². The number of hydrogen-bond acceptors (Lipinski definition) is 3. The van der Waals surface area contributed by atoms with E-state index in [1.54, 1.807) is 23.7 Å². The van der Waals surface area contributed by atoms with Gasteiger partial charge in [-0.1, -0.05) is 0 Å². The number of benzene rings is 1. The van der Waals surface area contributed by atoms with Crippen LogP contribution < -0.4 is 10.8 Å². The number of alkyl halides is 3. The topological polar surface area (TPSA) is 50.4 Å². The summed E-state index contributed by atoms with van der Waals surface area (Å²) in [5.41, 5.74) is 4.00. The molecule has 7 heteroatoms. The van der Waals surface area contributed by atoms with E-state index in [2.05, 4.69) is 10.2 Å². The summed E-state index contributed by atoms with van der Waals surface area (Å²) in [4.78, 5) is 15.7. The third-order valence-electron chi connectivity index (χ3n) is 2.71. The molecule has 0 unspecified atom stereocenters. The van der Waals surface area contributed by atoms with Gasteiger partial charge in [-0.2, -0.15) is 13.2 Å². The quantitative estimate of drug-likeness (QED) is 0.831. The standard InChI is InChI=1S/C12H13F3N2O2/c13-12(14,15)7-19-17-11(18)9-3-4-10-8(6-9)2-1-5-16-10/h3-4,6,16H,1-2,5,7H2,(H,17,18). The number of fused-ring (bicyclic) bond motifs is 1. The molecule has 2 N–H and O–H groups in total. The lowest BCUT2D eigenvalue weighted by molar-refractivity contribution is -0.184. The van der Waals surface area contributed by atoms with Gasteiger partial charge in [0.15, 0.2) is 6.61 Å². The maximum Gasteiger partial charge on any atom is 0.414 e. The highest BCUT2D eigenvalue weighted by Crippen LogP contribution is 2.22. The van der Waals surface area contributed by atoms with Crippen molar-refractivity contribution in [3.63, 3.8) is 0 Å². The molecule has 19 heavy (non-hydrogen) atoms. The van der Waals surface area contributed by atoms with Crippen LogP contribution >= 0.6 is 0 Å². The van der Waals surface area contributed by atoms with Gasteiger partial charge in [-0.25, -0.2) is 5.48 Å². The number of hydroxylamine groups is 1. The second-order valence-corrected chi connectivity index (χ2v) is 4.24. The highest BCUT2D eigenvalue weighted by atomic mass is 19.4. The van der Waals surface area contributed by atoms with Gasteiger partial charge in [0.05, 0.1) is 0 Å².